The van der Waals surface area contributed by atoms with Crippen LogP contribution in [-0.4, -0.2) is 65.8 Å². The van der Waals surface area contributed by atoms with Crippen molar-refractivity contribution in [1.29, 1.82) is 0 Å². The predicted molar refractivity (Wildman–Crippen MR) is 136 cm³/mol. The van der Waals surface area contributed by atoms with Crippen LogP contribution in [0.5, 0.6) is 0 Å². The zero-order valence-corrected chi connectivity index (χ0v) is 20.4. The Balaban J connectivity index is 0.000000303. The number of nitrogens with one attached hydrogen (secondary N) is 3. The first kappa shape index (κ1) is 28.7. The second-order valence-corrected chi connectivity index (χ2v) is 7.32. The SMILES string of the molecule is O=C(O)CCCc1ccc(N(CCCl)CCCl)cc1.c1c[nH]cn1.c1c[nH]cn1.c1c[nH]cn1. The number of carboxylic acids is 1. The third-order valence-electron chi connectivity index (χ3n) is 4.08. The number of aromatic amines is 3. The molecular weight excluding hydrogens is 477 g/mol. The first-order valence-electron chi connectivity index (χ1n) is 10.6. The molecule has 0 aliphatic rings. The molecule has 0 saturated carbocycles. The topological polar surface area (TPSA) is 127 Å². The molecule has 0 radical (unpaired) electrons. The van der Waals surface area contributed by atoms with Gasteiger partial charge in [-0.1, -0.05) is 12.1 Å². The number of alkyl halides is 2. The number of H-pyrrole nitrogens is 3. The Morgan fingerprint density at radius 3 is 1.59 bits per heavy atom. The molecule has 3 aromatic heterocycles. The van der Waals surface area contributed by atoms with Gasteiger partial charge in [-0.2, -0.15) is 0 Å². The largest absolute Gasteiger partial charge is 0.481 e. The summed E-state index contributed by atoms with van der Waals surface area (Å²) < 4.78 is 0. The zero-order valence-electron chi connectivity index (χ0n) is 18.9. The second-order valence-electron chi connectivity index (χ2n) is 6.56. The lowest BCUT2D eigenvalue weighted by Crippen LogP contribution is -2.27. The lowest BCUT2D eigenvalue weighted by atomic mass is 10.1. The fourth-order valence-corrected chi connectivity index (χ4v) is 2.94. The summed E-state index contributed by atoms with van der Waals surface area (Å²) in [5.41, 5.74) is 2.25. The third-order valence-corrected chi connectivity index (χ3v) is 4.42. The fourth-order valence-electron chi connectivity index (χ4n) is 2.54. The van der Waals surface area contributed by atoms with Gasteiger partial charge < -0.3 is 25.0 Å². The zero-order chi connectivity index (χ0) is 24.7. The van der Waals surface area contributed by atoms with Crippen molar-refractivity contribution in [3.63, 3.8) is 0 Å². The van der Waals surface area contributed by atoms with Gasteiger partial charge in [-0.3, -0.25) is 4.79 Å². The highest BCUT2D eigenvalue weighted by Crippen LogP contribution is 2.16. The van der Waals surface area contributed by atoms with Crippen molar-refractivity contribution in [1.82, 2.24) is 29.9 Å². The normalized spacial score (nSPS) is 9.35. The number of halogens is 2. The molecule has 4 N–H and O–H groups in total. The van der Waals surface area contributed by atoms with Crippen LogP contribution in [0.2, 0.25) is 0 Å². The van der Waals surface area contributed by atoms with Crippen LogP contribution in [0.3, 0.4) is 0 Å². The van der Waals surface area contributed by atoms with E-state index in [-0.39, 0.29) is 6.42 Å². The van der Waals surface area contributed by atoms with Crippen molar-refractivity contribution >= 4 is 34.9 Å². The van der Waals surface area contributed by atoms with E-state index in [1.165, 1.54) is 0 Å². The van der Waals surface area contributed by atoms with Crippen molar-refractivity contribution in [3.05, 3.63) is 86.0 Å². The summed E-state index contributed by atoms with van der Waals surface area (Å²) in [6, 6.07) is 8.14. The van der Waals surface area contributed by atoms with Gasteiger partial charge in [0.15, 0.2) is 0 Å². The Morgan fingerprint density at radius 1 is 0.824 bits per heavy atom. The molecule has 0 amide bonds. The number of rotatable bonds is 9. The molecule has 4 rings (SSSR count). The summed E-state index contributed by atoms with van der Waals surface area (Å²) in [6.07, 6.45) is 16.9. The summed E-state index contributed by atoms with van der Waals surface area (Å²) in [4.78, 5) is 31.8. The van der Waals surface area contributed by atoms with E-state index in [0.29, 0.717) is 18.2 Å². The Hall–Kier alpha value is -3.30. The number of aromatic nitrogens is 6. The molecule has 0 fully saturated rings. The van der Waals surface area contributed by atoms with Crippen LogP contribution in [-0.2, 0) is 11.2 Å². The van der Waals surface area contributed by atoms with Crippen LogP contribution in [0.25, 0.3) is 0 Å². The smallest absolute Gasteiger partial charge is 0.303 e. The van der Waals surface area contributed by atoms with Crippen molar-refractivity contribution in [3.8, 4) is 0 Å². The minimum absolute atomic E-state index is 0.215. The van der Waals surface area contributed by atoms with E-state index in [1.807, 2.05) is 24.3 Å². The van der Waals surface area contributed by atoms with E-state index in [2.05, 4.69) is 34.8 Å². The molecule has 0 aliphatic heterocycles. The molecule has 11 heteroatoms. The molecule has 0 spiro atoms. The maximum absolute atomic E-state index is 10.4. The van der Waals surface area contributed by atoms with Gasteiger partial charge in [0.25, 0.3) is 0 Å². The van der Waals surface area contributed by atoms with Crippen LogP contribution < -0.4 is 4.90 Å². The number of carbonyl (C=O) groups is 1. The number of anilines is 1. The van der Waals surface area contributed by atoms with Crippen molar-refractivity contribution in [2.75, 3.05) is 29.7 Å². The summed E-state index contributed by atoms with van der Waals surface area (Å²) in [5, 5.41) is 8.59. The number of carboxylic acid groups (broad SMARTS) is 1. The van der Waals surface area contributed by atoms with Gasteiger partial charge >= 0.3 is 5.97 Å². The maximum atomic E-state index is 10.4. The van der Waals surface area contributed by atoms with Crippen molar-refractivity contribution in [2.24, 2.45) is 0 Å². The molecule has 0 atom stereocenters. The van der Waals surface area contributed by atoms with E-state index in [0.717, 1.165) is 30.8 Å². The molecule has 4 aromatic rings. The highest BCUT2D eigenvalue weighted by atomic mass is 35.5. The molecule has 0 aliphatic carbocycles. The minimum Gasteiger partial charge on any atom is -0.481 e. The molecule has 184 valence electrons. The minimum atomic E-state index is -0.743. The van der Waals surface area contributed by atoms with Crippen molar-refractivity contribution in [2.45, 2.75) is 19.3 Å². The van der Waals surface area contributed by atoms with Gasteiger partial charge in [-0.15, -0.1) is 23.2 Å². The first-order chi connectivity index (χ1) is 16.7. The highest BCUT2D eigenvalue weighted by Gasteiger charge is 2.05. The molecule has 9 nitrogen and oxygen atoms in total. The Labute approximate surface area is 209 Å². The Kier molecular flexibility index (Phi) is 17.2. The quantitative estimate of drug-likeness (QED) is 0.245. The molecule has 0 bridgehead atoms. The Bertz CT molecular complexity index is 784. The van der Waals surface area contributed by atoms with Gasteiger partial charge in [-0.25, -0.2) is 15.0 Å². The van der Waals surface area contributed by atoms with E-state index in [4.69, 9.17) is 28.3 Å². The van der Waals surface area contributed by atoms with Crippen LogP contribution in [0, 0.1) is 0 Å². The van der Waals surface area contributed by atoms with E-state index >= 15 is 0 Å². The first-order valence-corrected chi connectivity index (χ1v) is 11.7. The maximum Gasteiger partial charge on any atom is 0.303 e. The predicted octanol–water partition coefficient (Wildman–Crippen LogP) is 4.61. The number of hydrogen-bond acceptors (Lipinski definition) is 5. The van der Waals surface area contributed by atoms with Crippen LogP contribution >= 0.6 is 23.2 Å². The molecular formula is C23H31Cl2N7O2. The van der Waals surface area contributed by atoms with E-state index < -0.39 is 5.97 Å². The lowest BCUT2D eigenvalue weighted by molar-refractivity contribution is -0.137. The standard InChI is InChI=1S/C14H19Cl2NO2.3C3H4N2/c15-8-10-17(11-9-16)13-6-4-12(5-7-13)2-1-3-14(18)19;3*1-2-5-3-4-1/h4-7H,1-3,8-11H2,(H,18,19);3*1-3H,(H,4,5). The van der Waals surface area contributed by atoms with E-state index in [9.17, 15) is 4.79 Å². The number of imidazole rings is 3. The lowest BCUT2D eigenvalue weighted by Gasteiger charge is -2.23. The highest BCUT2D eigenvalue weighted by molar-refractivity contribution is 6.18. The number of benzene rings is 1. The Morgan fingerprint density at radius 2 is 1.29 bits per heavy atom. The number of aliphatic carboxylic acids is 1. The molecule has 0 saturated heterocycles. The van der Waals surface area contributed by atoms with Gasteiger partial charge in [0.2, 0.25) is 0 Å². The van der Waals surface area contributed by atoms with Crippen LogP contribution in [0.4, 0.5) is 5.69 Å². The summed E-state index contributed by atoms with van der Waals surface area (Å²) in [6.45, 7) is 1.54. The fraction of sp³-hybridized carbons (Fsp3) is 0.304. The van der Waals surface area contributed by atoms with Gasteiger partial charge in [0.1, 0.15) is 0 Å². The molecule has 34 heavy (non-hydrogen) atoms. The third kappa shape index (κ3) is 15.5. The second kappa shape index (κ2) is 20.3. The summed E-state index contributed by atoms with van der Waals surface area (Å²) in [5.74, 6) is 0.390. The van der Waals surface area contributed by atoms with Gasteiger partial charge in [0, 0.05) is 74.1 Å². The van der Waals surface area contributed by atoms with Gasteiger partial charge in [0.05, 0.1) is 19.0 Å². The number of hydrogen-bond donors (Lipinski definition) is 4. The van der Waals surface area contributed by atoms with Crippen LogP contribution in [0.1, 0.15) is 18.4 Å². The summed E-state index contributed by atoms with van der Waals surface area (Å²) in [7, 11) is 0. The molecule has 1 aromatic carbocycles. The van der Waals surface area contributed by atoms with Gasteiger partial charge in [-0.05, 0) is 30.5 Å². The molecule has 3 heterocycles. The molecule has 0 unspecified atom stereocenters. The number of aryl methyl sites for hydroxylation is 1. The monoisotopic (exact) mass is 507 g/mol. The average Bonchev–Trinajstić information content (AvgIpc) is 3.66. The van der Waals surface area contributed by atoms with E-state index in [1.54, 1.807) is 56.2 Å². The van der Waals surface area contributed by atoms with Crippen molar-refractivity contribution < 1.29 is 9.90 Å². The van der Waals surface area contributed by atoms with Crippen LogP contribution in [0.15, 0.2) is 80.4 Å². The summed E-state index contributed by atoms with van der Waals surface area (Å²) >= 11 is 11.5. The average molecular weight is 508 g/mol. The number of nitrogens with zero attached hydrogens (tertiary/aromatic N) is 4.